The molecule has 2 saturated heterocycles. The van der Waals surface area contributed by atoms with Gasteiger partial charge in [-0.1, -0.05) is 0 Å². The first kappa shape index (κ1) is 19.7. The number of carbonyl (C=O) groups is 2. The predicted molar refractivity (Wildman–Crippen MR) is 113 cm³/mol. The van der Waals surface area contributed by atoms with Crippen LogP contribution >= 0.6 is 23.1 Å². The number of nitrogens with zero attached hydrogens (tertiary/aromatic N) is 3. The molecule has 6 nitrogen and oxygen atoms in total. The van der Waals surface area contributed by atoms with Crippen LogP contribution < -0.4 is 5.32 Å². The number of thiophene rings is 1. The van der Waals surface area contributed by atoms with Gasteiger partial charge in [0.2, 0.25) is 11.8 Å². The van der Waals surface area contributed by atoms with Gasteiger partial charge in [0, 0.05) is 42.4 Å². The number of aryl methyl sites for hydroxylation is 1. The van der Waals surface area contributed by atoms with Gasteiger partial charge in [-0.2, -0.15) is 17.0 Å². The molecule has 8 heteroatoms. The summed E-state index contributed by atoms with van der Waals surface area (Å²) in [6.07, 6.45) is 5.31. The first-order valence-corrected chi connectivity index (χ1v) is 12.1. The Bertz CT molecular complexity index is 795. The number of hydrogen-bond acceptors (Lipinski definition) is 6. The number of carbonyl (C=O) groups excluding carboxylic acids is 2. The molecule has 2 amide bonds. The minimum absolute atomic E-state index is 0.0658. The number of thioether (sulfide) groups is 1. The van der Waals surface area contributed by atoms with Gasteiger partial charge in [-0.15, -0.1) is 11.3 Å². The molecule has 1 aliphatic carbocycles. The summed E-state index contributed by atoms with van der Waals surface area (Å²) < 4.78 is 0. The van der Waals surface area contributed by atoms with E-state index in [4.69, 9.17) is 0 Å². The molecule has 1 N–H and O–H groups in total. The van der Waals surface area contributed by atoms with Gasteiger partial charge in [-0.25, -0.2) is 0 Å². The van der Waals surface area contributed by atoms with Crippen molar-refractivity contribution in [1.29, 1.82) is 5.26 Å². The number of rotatable bonds is 5. The zero-order valence-corrected chi connectivity index (χ0v) is 17.7. The molecule has 0 bridgehead atoms. The van der Waals surface area contributed by atoms with E-state index >= 15 is 0 Å². The summed E-state index contributed by atoms with van der Waals surface area (Å²) in [5, 5.41) is 13.1. The van der Waals surface area contributed by atoms with E-state index in [2.05, 4.69) is 16.3 Å². The summed E-state index contributed by atoms with van der Waals surface area (Å²) in [4.78, 5) is 30.8. The van der Waals surface area contributed by atoms with Crippen LogP contribution in [-0.4, -0.2) is 65.3 Å². The molecule has 1 atom stereocenters. The number of amides is 2. The maximum atomic E-state index is 12.8. The van der Waals surface area contributed by atoms with E-state index in [-0.39, 0.29) is 17.9 Å². The van der Waals surface area contributed by atoms with Crippen LogP contribution in [0.5, 0.6) is 0 Å². The van der Waals surface area contributed by atoms with E-state index in [1.54, 1.807) is 11.3 Å². The Morgan fingerprint density at radius 1 is 1.18 bits per heavy atom. The van der Waals surface area contributed by atoms with E-state index in [0.717, 1.165) is 68.8 Å². The molecule has 28 heavy (non-hydrogen) atoms. The van der Waals surface area contributed by atoms with Gasteiger partial charge in [-0.3, -0.25) is 14.5 Å². The molecule has 3 heterocycles. The lowest BCUT2D eigenvalue weighted by molar-refractivity contribution is -0.136. The Labute approximate surface area is 174 Å². The number of fused-ring (bicyclic) bond motifs is 1. The molecule has 150 valence electrons. The lowest BCUT2D eigenvalue weighted by Gasteiger charge is -2.32. The lowest BCUT2D eigenvalue weighted by atomic mass is 10.1. The Morgan fingerprint density at radius 2 is 2.00 bits per heavy atom. The summed E-state index contributed by atoms with van der Waals surface area (Å²) in [5.41, 5.74) is 1.79. The summed E-state index contributed by atoms with van der Waals surface area (Å²) in [7, 11) is 0. The Morgan fingerprint density at radius 3 is 2.79 bits per heavy atom. The van der Waals surface area contributed by atoms with Crippen LogP contribution in [0, 0.1) is 11.3 Å². The Balaban J connectivity index is 1.32. The topological polar surface area (TPSA) is 76.4 Å². The van der Waals surface area contributed by atoms with Gasteiger partial charge >= 0.3 is 0 Å². The average molecular weight is 419 g/mol. The lowest BCUT2D eigenvalue weighted by Crippen LogP contribution is -2.48. The quantitative estimate of drug-likeness (QED) is 0.795. The van der Waals surface area contributed by atoms with E-state index < -0.39 is 0 Å². The fourth-order valence-electron chi connectivity index (χ4n) is 4.41. The van der Waals surface area contributed by atoms with Crippen LogP contribution in [0.2, 0.25) is 0 Å². The predicted octanol–water partition coefficient (Wildman–Crippen LogP) is 2.48. The number of anilines is 1. The minimum Gasteiger partial charge on any atom is -0.340 e. The monoisotopic (exact) mass is 418 g/mol. The van der Waals surface area contributed by atoms with Crippen LogP contribution in [0.3, 0.4) is 0 Å². The summed E-state index contributed by atoms with van der Waals surface area (Å²) in [5.74, 6) is 2.21. The molecule has 0 saturated carbocycles. The van der Waals surface area contributed by atoms with Crippen molar-refractivity contribution < 1.29 is 9.59 Å². The third-order valence-electron chi connectivity index (χ3n) is 5.88. The van der Waals surface area contributed by atoms with E-state index in [9.17, 15) is 14.9 Å². The van der Waals surface area contributed by atoms with Crippen LogP contribution in [0.15, 0.2) is 0 Å². The zero-order valence-electron chi connectivity index (χ0n) is 16.0. The molecule has 1 aromatic heterocycles. The number of likely N-dealkylation sites (tertiary alicyclic amines) is 1. The van der Waals surface area contributed by atoms with Crippen molar-refractivity contribution in [2.24, 2.45) is 0 Å². The Kier molecular flexibility index (Phi) is 6.24. The molecule has 2 fully saturated rings. The second kappa shape index (κ2) is 8.85. The highest BCUT2D eigenvalue weighted by Gasteiger charge is 2.34. The van der Waals surface area contributed by atoms with E-state index in [1.807, 2.05) is 16.7 Å². The molecule has 1 aromatic rings. The molecule has 0 aromatic carbocycles. The van der Waals surface area contributed by atoms with Gasteiger partial charge in [0.05, 0.1) is 11.6 Å². The van der Waals surface area contributed by atoms with E-state index in [1.165, 1.54) is 4.88 Å². The number of hydrogen-bond donors (Lipinski definition) is 1. The van der Waals surface area contributed by atoms with Gasteiger partial charge in [-0.05, 0) is 44.2 Å². The number of nitrogens with one attached hydrogen (secondary N) is 1. The van der Waals surface area contributed by atoms with Crippen LogP contribution in [-0.2, 0) is 22.4 Å². The SMILES string of the molecule is N#Cc1c(NC(=O)CCN2CCCC2C(=O)N2CCSCC2)sc2c1CCC2. The molecule has 2 aliphatic heterocycles. The summed E-state index contributed by atoms with van der Waals surface area (Å²) >= 11 is 3.46. The smallest absolute Gasteiger partial charge is 0.239 e. The maximum absolute atomic E-state index is 12.8. The first-order chi connectivity index (χ1) is 13.7. The van der Waals surface area contributed by atoms with Crippen LogP contribution in [0.4, 0.5) is 5.00 Å². The molecule has 0 radical (unpaired) electrons. The van der Waals surface area contributed by atoms with Crippen molar-refractivity contribution in [3.05, 3.63) is 16.0 Å². The molecule has 3 aliphatic rings. The van der Waals surface area contributed by atoms with Crippen molar-refractivity contribution in [3.63, 3.8) is 0 Å². The second-order valence-corrected chi connectivity index (χ2v) is 9.93. The maximum Gasteiger partial charge on any atom is 0.239 e. The largest absolute Gasteiger partial charge is 0.340 e. The van der Waals surface area contributed by atoms with Crippen molar-refractivity contribution in [1.82, 2.24) is 9.80 Å². The molecule has 1 unspecified atom stereocenters. The van der Waals surface area contributed by atoms with Gasteiger partial charge in [0.15, 0.2) is 0 Å². The van der Waals surface area contributed by atoms with Crippen molar-refractivity contribution in [2.45, 2.75) is 44.6 Å². The second-order valence-electron chi connectivity index (χ2n) is 7.60. The molecular formula is C20H26N4O2S2. The fourth-order valence-corrected chi connectivity index (χ4v) is 6.57. The van der Waals surface area contributed by atoms with E-state index in [0.29, 0.717) is 23.5 Å². The van der Waals surface area contributed by atoms with Crippen molar-refractivity contribution >= 4 is 39.9 Å². The molecule has 0 spiro atoms. The summed E-state index contributed by atoms with van der Waals surface area (Å²) in [6, 6.07) is 2.20. The third-order valence-corrected chi connectivity index (χ3v) is 8.03. The molecular weight excluding hydrogens is 392 g/mol. The number of nitriles is 1. The Hall–Kier alpha value is -1.56. The van der Waals surface area contributed by atoms with Crippen LogP contribution in [0.25, 0.3) is 0 Å². The first-order valence-electron chi connectivity index (χ1n) is 10.1. The standard InChI is InChI=1S/C20H26N4O2S2/c21-13-15-14-3-1-5-17(14)28-19(15)22-18(25)6-8-23-7-2-4-16(23)20(26)24-9-11-27-12-10-24/h16H,1-12H2,(H,22,25). The van der Waals surface area contributed by atoms with Crippen LogP contribution in [0.1, 0.15) is 41.7 Å². The third kappa shape index (κ3) is 4.07. The zero-order chi connectivity index (χ0) is 19.5. The fraction of sp³-hybridized carbons (Fsp3) is 0.650. The van der Waals surface area contributed by atoms with Gasteiger partial charge in [0.1, 0.15) is 11.1 Å². The van der Waals surface area contributed by atoms with Crippen molar-refractivity contribution in [3.8, 4) is 6.07 Å². The highest BCUT2D eigenvalue weighted by atomic mass is 32.2. The van der Waals surface area contributed by atoms with Gasteiger partial charge < -0.3 is 10.2 Å². The summed E-state index contributed by atoms with van der Waals surface area (Å²) in [6.45, 7) is 3.16. The highest BCUT2D eigenvalue weighted by Crippen LogP contribution is 2.38. The minimum atomic E-state index is -0.0730. The molecule has 4 rings (SSSR count). The van der Waals surface area contributed by atoms with Gasteiger partial charge in [0.25, 0.3) is 0 Å². The average Bonchev–Trinajstić information content (AvgIpc) is 3.42. The van der Waals surface area contributed by atoms with Crippen molar-refractivity contribution in [2.75, 3.05) is 43.0 Å². The highest BCUT2D eigenvalue weighted by molar-refractivity contribution is 7.99. The normalized spacial score (nSPS) is 22.1.